The molecule has 20 heavy (non-hydrogen) atoms. The Morgan fingerprint density at radius 1 is 1.35 bits per heavy atom. The summed E-state index contributed by atoms with van der Waals surface area (Å²) < 4.78 is 5.52. The lowest BCUT2D eigenvalue weighted by atomic mass is 10.1. The summed E-state index contributed by atoms with van der Waals surface area (Å²) in [6.07, 6.45) is 4.89. The minimum absolute atomic E-state index is 0.107. The normalized spacial score (nSPS) is 20.2. The highest BCUT2D eigenvalue weighted by atomic mass is 16.5. The summed E-state index contributed by atoms with van der Waals surface area (Å²) in [5, 5.41) is 3.44. The van der Waals surface area contributed by atoms with Crippen LogP contribution in [0.5, 0.6) is 0 Å². The Bertz CT molecular complexity index is 413. The van der Waals surface area contributed by atoms with E-state index in [1.165, 1.54) is 0 Å². The summed E-state index contributed by atoms with van der Waals surface area (Å²) in [7, 11) is 0. The van der Waals surface area contributed by atoms with Gasteiger partial charge in [-0.3, -0.25) is 0 Å². The molecule has 1 aromatic heterocycles. The Labute approximate surface area is 121 Å². The average molecular weight is 278 g/mol. The van der Waals surface area contributed by atoms with Gasteiger partial charge in [0.2, 0.25) is 5.95 Å². The van der Waals surface area contributed by atoms with Crippen molar-refractivity contribution in [3.63, 3.8) is 0 Å². The fourth-order valence-corrected chi connectivity index (χ4v) is 2.21. The van der Waals surface area contributed by atoms with Crippen LogP contribution in [-0.2, 0) is 11.3 Å². The first-order chi connectivity index (χ1) is 9.49. The van der Waals surface area contributed by atoms with Crippen molar-refractivity contribution in [3.8, 4) is 0 Å². The van der Waals surface area contributed by atoms with Crippen molar-refractivity contribution >= 4 is 5.95 Å². The Balaban J connectivity index is 2.00. The molecule has 0 aromatic carbocycles. The molecule has 0 saturated carbocycles. The highest BCUT2D eigenvalue weighted by molar-refractivity contribution is 5.32. The van der Waals surface area contributed by atoms with Gasteiger partial charge in [0.05, 0.1) is 19.3 Å². The second-order valence-corrected chi connectivity index (χ2v) is 6.33. The van der Waals surface area contributed by atoms with Gasteiger partial charge >= 0.3 is 0 Å². The van der Waals surface area contributed by atoms with E-state index < -0.39 is 0 Å². The van der Waals surface area contributed by atoms with E-state index in [0.29, 0.717) is 6.04 Å². The lowest BCUT2D eigenvalue weighted by Gasteiger charge is -2.35. The number of morpholine rings is 1. The van der Waals surface area contributed by atoms with E-state index in [0.717, 1.165) is 44.2 Å². The molecule has 5 heteroatoms. The predicted molar refractivity (Wildman–Crippen MR) is 80.9 cm³/mol. The van der Waals surface area contributed by atoms with Gasteiger partial charge in [0.25, 0.3) is 0 Å². The molecule has 1 aromatic rings. The molecular weight excluding hydrogens is 252 g/mol. The summed E-state index contributed by atoms with van der Waals surface area (Å²) in [4.78, 5) is 11.3. The molecule has 1 unspecified atom stereocenters. The molecule has 0 bridgehead atoms. The maximum atomic E-state index is 5.52. The first-order valence-corrected chi connectivity index (χ1v) is 7.40. The number of hydrogen-bond acceptors (Lipinski definition) is 5. The predicted octanol–water partition coefficient (Wildman–Crippen LogP) is 1.98. The van der Waals surface area contributed by atoms with Crippen LogP contribution in [0.4, 0.5) is 5.95 Å². The van der Waals surface area contributed by atoms with Gasteiger partial charge < -0.3 is 15.0 Å². The molecule has 1 fully saturated rings. The van der Waals surface area contributed by atoms with Crippen LogP contribution in [0, 0.1) is 0 Å². The number of nitrogens with one attached hydrogen (secondary N) is 1. The third-order valence-electron chi connectivity index (χ3n) is 3.47. The van der Waals surface area contributed by atoms with Gasteiger partial charge in [0.15, 0.2) is 0 Å². The Morgan fingerprint density at radius 2 is 2.05 bits per heavy atom. The largest absolute Gasteiger partial charge is 0.377 e. The van der Waals surface area contributed by atoms with Crippen molar-refractivity contribution in [2.75, 3.05) is 24.7 Å². The van der Waals surface area contributed by atoms with Crippen LogP contribution in [0.15, 0.2) is 12.4 Å². The molecule has 1 aliphatic heterocycles. The molecule has 0 spiro atoms. The van der Waals surface area contributed by atoms with E-state index >= 15 is 0 Å². The molecule has 1 aliphatic rings. The van der Waals surface area contributed by atoms with Crippen LogP contribution >= 0.6 is 0 Å². The number of anilines is 1. The monoisotopic (exact) mass is 278 g/mol. The van der Waals surface area contributed by atoms with E-state index in [4.69, 9.17) is 4.74 Å². The van der Waals surface area contributed by atoms with Gasteiger partial charge in [-0.05, 0) is 27.2 Å². The zero-order valence-electron chi connectivity index (χ0n) is 13.0. The second-order valence-electron chi connectivity index (χ2n) is 6.33. The summed E-state index contributed by atoms with van der Waals surface area (Å²) in [5.74, 6) is 0.819. The first-order valence-electron chi connectivity index (χ1n) is 7.40. The van der Waals surface area contributed by atoms with E-state index in [1.54, 1.807) is 0 Å². The highest BCUT2D eigenvalue weighted by Gasteiger charge is 2.23. The van der Waals surface area contributed by atoms with Crippen molar-refractivity contribution in [3.05, 3.63) is 18.0 Å². The van der Waals surface area contributed by atoms with Crippen molar-refractivity contribution in [1.82, 2.24) is 15.3 Å². The van der Waals surface area contributed by atoms with Crippen LogP contribution in [0.25, 0.3) is 0 Å². The molecule has 2 heterocycles. The number of hydrogen-bond donors (Lipinski definition) is 1. The van der Waals surface area contributed by atoms with Crippen molar-refractivity contribution in [2.24, 2.45) is 0 Å². The van der Waals surface area contributed by atoms with Gasteiger partial charge in [-0.2, -0.15) is 0 Å². The Morgan fingerprint density at radius 3 is 2.65 bits per heavy atom. The number of rotatable bonds is 4. The molecule has 5 nitrogen and oxygen atoms in total. The SMILES string of the molecule is CCC1COCCN1c1ncc(CNC(C)(C)C)cn1. The topological polar surface area (TPSA) is 50.3 Å². The Kier molecular flexibility index (Phi) is 4.94. The van der Waals surface area contributed by atoms with Crippen LogP contribution < -0.4 is 10.2 Å². The number of ether oxygens (including phenoxy) is 1. The van der Waals surface area contributed by atoms with Crippen molar-refractivity contribution < 1.29 is 4.74 Å². The van der Waals surface area contributed by atoms with Gasteiger partial charge in [-0.1, -0.05) is 6.92 Å². The van der Waals surface area contributed by atoms with Gasteiger partial charge in [-0.15, -0.1) is 0 Å². The second kappa shape index (κ2) is 6.50. The van der Waals surface area contributed by atoms with Crippen LogP contribution in [0.3, 0.4) is 0 Å². The molecule has 1 saturated heterocycles. The van der Waals surface area contributed by atoms with Gasteiger partial charge in [0.1, 0.15) is 0 Å². The minimum Gasteiger partial charge on any atom is -0.377 e. The maximum absolute atomic E-state index is 5.52. The quantitative estimate of drug-likeness (QED) is 0.912. The third-order valence-corrected chi connectivity index (χ3v) is 3.47. The molecule has 0 radical (unpaired) electrons. The summed E-state index contributed by atoms with van der Waals surface area (Å²) >= 11 is 0. The van der Waals surface area contributed by atoms with E-state index in [2.05, 4.69) is 47.9 Å². The highest BCUT2D eigenvalue weighted by Crippen LogP contribution is 2.17. The maximum Gasteiger partial charge on any atom is 0.225 e. The molecule has 0 amide bonds. The van der Waals surface area contributed by atoms with Gasteiger partial charge in [0, 0.05) is 36.6 Å². The smallest absolute Gasteiger partial charge is 0.225 e. The molecule has 112 valence electrons. The van der Waals surface area contributed by atoms with E-state index in [1.807, 2.05) is 12.4 Å². The minimum atomic E-state index is 0.107. The lowest BCUT2D eigenvalue weighted by Crippen LogP contribution is -2.46. The van der Waals surface area contributed by atoms with Crippen LogP contribution in [-0.4, -0.2) is 41.3 Å². The van der Waals surface area contributed by atoms with E-state index in [-0.39, 0.29) is 5.54 Å². The summed E-state index contributed by atoms with van der Waals surface area (Å²) in [5.41, 5.74) is 1.22. The zero-order chi connectivity index (χ0) is 14.6. The lowest BCUT2D eigenvalue weighted by molar-refractivity contribution is 0.0921. The van der Waals surface area contributed by atoms with Crippen LogP contribution in [0.2, 0.25) is 0 Å². The third kappa shape index (κ3) is 4.15. The average Bonchev–Trinajstić information content (AvgIpc) is 2.45. The van der Waals surface area contributed by atoms with Crippen LogP contribution in [0.1, 0.15) is 39.7 Å². The molecule has 1 N–H and O–H groups in total. The molecular formula is C15H26N4O. The zero-order valence-corrected chi connectivity index (χ0v) is 13.0. The molecule has 1 atom stereocenters. The fourth-order valence-electron chi connectivity index (χ4n) is 2.21. The summed E-state index contributed by atoms with van der Waals surface area (Å²) in [6.45, 7) is 11.8. The van der Waals surface area contributed by atoms with Gasteiger partial charge in [-0.25, -0.2) is 9.97 Å². The standard InChI is InChI=1S/C15H26N4O/c1-5-13-11-20-7-6-19(13)14-16-8-12(9-17-14)10-18-15(2,3)4/h8-9,13,18H,5-7,10-11H2,1-4H3. The first kappa shape index (κ1) is 15.2. The number of aromatic nitrogens is 2. The summed E-state index contributed by atoms with van der Waals surface area (Å²) in [6, 6.07) is 0.391. The fraction of sp³-hybridized carbons (Fsp3) is 0.733. The van der Waals surface area contributed by atoms with Crippen molar-refractivity contribution in [2.45, 2.75) is 52.2 Å². The van der Waals surface area contributed by atoms with E-state index in [9.17, 15) is 0 Å². The Hall–Kier alpha value is -1.20. The molecule has 2 rings (SSSR count). The number of nitrogens with zero attached hydrogens (tertiary/aromatic N) is 3. The van der Waals surface area contributed by atoms with Crippen molar-refractivity contribution in [1.29, 1.82) is 0 Å². The molecule has 0 aliphatic carbocycles.